The maximum absolute atomic E-state index is 9.24. The fourth-order valence-corrected chi connectivity index (χ4v) is 3.47. The second-order valence-electron chi connectivity index (χ2n) is 6.48. The lowest BCUT2D eigenvalue weighted by atomic mass is 10.0. The molecular weight excluding hydrogens is 363 g/mol. The van der Waals surface area contributed by atoms with Gasteiger partial charge in [0.15, 0.2) is 8.38 Å². The highest BCUT2D eigenvalue weighted by Gasteiger charge is 2.15. The van der Waals surface area contributed by atoms with Crippen LogP contribution >= 0.6 is 8.38 Å². The van der Waals surface area contributed by atoms with Crippen LogP contribution in [0.5, 0.6) is 5.75 Å². The monoisotopic (exact) mass is 392 g/mol. The number of nitrogens with one attached hydrogen (secondary N) is 1. The first-order valence-corrected chi connectivity index (χ1v) is 10.6. The molecule has 1 aromatic heterocycles. The molecule has 0 unspecified atom stereocenters. The number of aromatic nitrogens is 2. The lowest BCUT2D eigenvalue weighted by molar-refractivity contribution is 0.410. The van der Waals surface area contributed by atoms with Crippen LogP contribution in [-0.2, 0) is 12.6 Å². The molecule has 0 radical (unpaired) electrons. The van der Waals surface area contributed by atoms with Crippen LogP contribution in [0, 0.1) is 6.92 Å². The molecule has 27 heavy (non-hydrogen) atoms. The number of ether oxygens (including phenoxy) is 1. The van der Waals surface area contributed by atoms with Crippen molar-refractivity contribution in [2.24, 2.45) is 0 Å². The van der Waals surface area contributed by atoms with E-state index in [2.05, 4.69) is 22.2 Å². The van der Waals surface area contributed by atoms with Gasteiger partial charge < -0.3 is 25.6 Å². The number of hydrogen-bond acceptors (Lipinski definition) is 7. The molecule has 148 valence electrons. The number of benzene rings is 1. The Hall–Kier alpha value is -1.95. The van der Waals surface area contributed by atoms with Crippen molar-refractivity contribution in [2.75, 3.05) is 24.7 Å². The van der Waals surface area contributed by atoms with Gasteiger partial charge in [0.1, 0.15) is 11.6 Å². The van der Waals surface area contributed by atoms with Crippen molar-refractivity contribution in [3.05, 3.63) is 40.6 Å². The highest BCUT2D eigenvalue weighted by atomic mass is 31.2. The van der Waals surface area contributed by atoms with Gasteiger partial charge in [-0.25, -0.2) is 4.98 Å². The number of methoxy groups -OCH3 is 1. The van der Waals surface area contributed by atoms with E-state index < -0.39 is 8.38 Å². The zero-order valence-corrected chi connectivity index (χ0v) is 17.1. The molecule has 0 aliphatic carbocycles. The number of nitrogens with two attached hydrogens (primary N) is 1. The van der Waals surface area contributed by atoms with E-state index in [1.807, 2.05) is 25.1 Å². The highest BCUT2D eigenvalue weighted by molar-refractivity contribution is 7.44. The SMILES string of the molecule is CCCCCNc1nc(N)nc(C)c1Cc1ccc(CP(O)O)cc1OC. The van der Waals surface area contributed by atoms with Crippen molar-refractivity contribution in [1.29, 1.82) is 0 Å². The predicted molar refractivity (Wildman–Crippen MR) is 110 cm³/mol. The smallest absolute Gasteiger partial charge is 0.222 e. The van der Waals surface area contributed by atoms with E-state index in [1.165, 1.54) is 0 Å². The van der Waals surface area contributed by atoms with E-state index in [9.17, 15) is 9.79 Å². The largest absolute Gasteiger partial charge is 0.496 e. The topological polar surface area (TPSA) is 114 Å². The molecule has 1 heterocycles. The fourth-order valence-electron chi connectivity index (χ4n) is 2.94. The van der Waals surface area contributed by atoms with E-state index in [-0.39, 0.29) is 12.1 Å². The van der Waals surface area contributed by atoms with Gasteiger partial charge in [-0.05, 0) is 30.5 Å². The number of nitrogen functional groups attached to an aromatic ring is 1. The molecule has 5 N–H and O–H groups in total. The molecule has 0 saturated heterocycles. The second-order valence-corrected chi connectivity index (χ2v) is 7.54. The quantitative estimate of drug-likeness (QED) is 0.362. The molecule has 0 amide bonds. The predicted octanol–water partition coefficient (Wildman–Crippen LogP) is 3.37. The van der Waals surface area contributed by atoms with Gasteiger partial charge in [-0.1, -0.05) is 31.9 Å². The van der Waals surface area contributed by atoms with Crippen LogP contribution in [0.3, 0.4) is 0 Å². The zero-order valence-electron chi connectivity index (χ0n) is 16.2. The molecule has 1 aromatic carbocycles. The second kappa shape index (κ2) is 10.4. The van der Waals surface area contributed by atoms with Gasteiger partial charge in [-0.15, -0.1) is 0 Å². The summed E-state index contributed by atoms with van der Waals surface area (Å²) in [6, 6.07) is 5.68. The molecule has 0 atom stereocenters. The van der Waals surface area contributed by atoms with Crippen LogP contribution in [0.1, 0.15) is 48.6 Å². The molecule has 8 heteroatoms. The van der Waals surface area contributed by atoms with Crippen LogP contribution in [0.4, 0.5) is 11.8 Å². The first-order valence-electron chi connectivity index (χ1n) is 9.12. The summed E-state index contributed by atoms with van der Waals surface area (Å²) in [6.45, 7) is 4.94. The van der Waals surface area contributed by atoms with Crippen molar-refractivity contribution in [2.45, 2.75) is 45.7 Å². The first kappa shape index (κ1) is 21.4. The van der Waals surface area contributed by atoms with E-state index in [4.69, 9.17) is 10.5 Å². The lowest BCUT2D eigenvalue weighted by Crippen LogP contribution is -2.12. The van der Waals surface area contributed by atoms with Gasteiger partial charge in [0.05, 0.1) is 7.11 Å². The maximum Gasteiger partial charge on any atom is 0.222 e. The van der Waals surface area contributed by atoms with Crippen molar-refractivity contribution in [3.63, 3.8) is 0 Å². The average Bonchev–Trinajstić information content (AvgIpc) is 2.61. The van der Waals surface area contributed by atoms with Crippen LogP contribution in [0.25, 0.3) is 0 Å². The van der Waals surface area contributed by atoms with Crippen molar-refractivity contribution in [3.8, 4) is 5.75 Å². The summed E-state index contributed by atoms with van der Waals surface area (Å²) in [7, 11) is -0.365. The number of unbranched alkanes of at least 4 members (excludes halogenated alkanes) is 2. The van der Waals surface area contributed by atoms with Gasteiger partial charge >= 0.3 is 0 Å². The van der Waals surface area contributed by atoms with Gasteiger partial charge in [0.25, 0.3) is 0 Å². The molecular formula is C19H29N4O3P. The number of aryl methyl sites for hydroxylation is 1. The van der Waals surface area contributed by atoms with E-state index in [0.717, 1.165) is 54.0 Å². The Balaban J connectivity index is 2.27. The Bertz CT molecular complexity index is 756. The summed E-state index contributed by atoms with van der Waals surface area (Å²) in [5.74, 6) is 1.73. The minimum atomic E-state index is -1.98. The average molecular weight is 392 g/mol. The number of anilines is 2. The maximum atomic E-state index is 9.24. The minimum Gasteiger partial charge on any atom is -0.496 e. The molecule has 2 rings (SSSR count). The standard InChI is InChI=1S/C19H29N4O3P/c1-4-5-6-9-21-18-16(13(2)22-19(20)23-18)11-15-8-7-14(12-27(24)25)10-17(15)26-3/h7-8,10,24-25H,4-6,9,11-12H2,1-3H3,(H3,20,21,22,23). The normalized spacial score (nSPS) is 11.0. The highest BCUT2D eigenvalue weighted by Crippen LogP contribution is 2.33. The summed E-state index contributed by atoms with van der Waals surface area (Å²) in [4.78, 5) is 27.2. The van der Waals surface area contributed by atoms with Crippen molar-refractivity contribution < 1.29 is 14.5 Å². The molecule has 7 nitrogen and oxygen atoms in total. The van der Waals surface area contributed by atoms with Crippen molar-refractivity contribution in [1.82, 2.24) is 9.97 Å². The Kier molecular flexibility index (Phi) is 8.23. The molecule has 0 aliphatic rings. The van der Waals surface area contributed by atoms with Crippen LogP contribution < -0.4 is 15.8 Å². The Morgan fingerprint density at radius 2 is 2.00 bits per heavy atom. The zero-order chi connectivity index (χ0) is 19.8. The van der Waals surface area contributed by atoms with Gasteiger partial charge in [0.2, 0.25) is 5.95 Å². The van der Waals surface area contributed by atoms with E-state index in [1.54, 1.807) is 7.11 Å². The number of rotatable bonds is 10. The third kappa shape index (κ3) is 6.31. The Morgan fingerprint density at radius 3 is 2.67 bits per heavy atom. The summed E-state index contributed by atoms with van der Waals surface area (Å²) >= 11 is 0. The van der Waals surface area contributed by atoms with Crippen LogP contribution in [0.2, 0.25) is 0 Å². The Morgan fingerprint density at radius 1 is 1.22 bits per heavy atom. The van der Waals surface area contributed by atoms with Gasteiger partial charge in [0, 0.05) is 30.4 Å². The summed E-state index contributed by atoms with van der Waals surface area (Å²) in [5.41, 5.74) is 9.47. The van der Waals surface area contributed by atoms with Crippen molar-refractivity contribution >= 4 is 20.1 Å². The third-order valence-electron chi connectivity index (χ3n) is 4.35. The molecule has 2 aromatic rings. The molecule has 0 aliphatic heterocycles. The number of hydrogen-bond donors (Lipinski definition) is 4. The first-order chi connectivity index (χ1) is 12.9. The molecule has 0 saturated carbocycles. The minimum absolute atomic E-state index is 0.222. The van der Waals surface area contributed by atoms with E-state index in [0.29, 0.717) is 12.2 Å². The summed E-state index contributed by atoms with van der Waals surface area (Å²) in [5, 5.41) is 3.39. The third-order valence-corrected chi connectivity index (χ3v) is 4.99. The lowest BCUT2D eigenvalue weighted by Gasteiger charge is -2.16. The molecule has 0 spiro atoms. The summed E-state index contributed by atoms with van der Waals surface area (Å²) < 4.78 is 5.51. The molecule has 0 fully saturated rings. The Labute approximate surface area is 161 Å². The van der Waals surface area contributed by atoms with Crippen LogP contribution in [-0.4, -0.2) is 33.4 Å². The summed E-state index contributed by atoms with van der Waals surface area (Å²) in [6.07, 6.45) is 4.21. The van der Waals surface area contributed by atoms with Gasteiger partial charge in [-0.3, -0.25) is 0 Å². The molecule has 0 bridgehead atoms. The fraction of sp³-hybridized carbons (Fsp3) is 0.474. The number of nitrogens with zero attached hydrogens (tertiary/aromatic N) is 2. The van der Waals surface area contributed by atoms with Gasteiger partial charge in [-0.2, -0.15) is 4.98 Å². The van der Waals surface area contributed by atoms with E-state index >= 15 is 0 Å². The van der Waals surface area contributed by atoms with Crippen LogP contribution in [0.15, 0.2) is 18.2 Å².